The smallest absolute Gasteiger partial charge is 0.405 e. The lowest BCUT2D eigenvalue weighted by Gasteiger charge is -2.58. The van der Waals surface area contributed by atoms with Gasteiger partial charge in [-0.05, 0) is 91.0 Å². The molecule has 1 aromatic carbocycles. The zero-order chi connectivity index (χ0) is 21.2. The van der Waals surface area contributed by atoms with Crippen LogP contribution in [0.25, 0.3) is 0 Å². The van der Waals surface area contributed by atoms with Crippen LogP contribution in [0.5, 0.6) is 0 Å². The summed E-state index contributed by atoms with van der Waals surface area (Å²) >= 11 is 0. The molecule has 0 bridgehead atoms. The molecular formula is C27H35BO3. The van der Waals surface area contributed by atoms with E-state index >= 15 is 0 Å². The number of ketones is 1. The number of hydrogen-bond donors (Lipinski definition) is 0. The van der Waals surface area contributed by atoms with Crippen molar-refractivity contribution >= 4 is 18.4 Å². The Labute approximate surface area is 187 Å². The van der Waals surface area contributed by atoms with E-state index in [1.165, 1.54) is 37.7 Å². The lowest BCUT2D eigenvalue weighted by molar-refractivity contribution is -0.117. The summed E-state index contributed by atoms with van der Waals surface area (Å²) in [4.78, 5) is 12.1. The molecule has 0 radical (unpaired) electrons. The molecule has 0 spiro atoms. The zero-order valence-electron chi connectivity index (χ0n) is 19.0. The van der Waals surface area contributed by atoms with Crippen molar-refractivity contribution in [3.8, 4) is 0 Å². The van der Waals surface area contributed by atoms with Crippen molar-refractivity contribution in [2.24, 2.45) is 34.5 Å². The minimum Gasteiger partial charge on any atom is -0.405 e. The SMILES string of the molecule is C[C@]12CC[C@H]3[C@@H](CCC4=CC(=O)CC[C@@]43C)[C@@H]1CC[C@@H]2[C@@H]1COB(c2ccccc2)O1. The molecule has 3 saturated carbocycles. The quantitative estimate of drug-likeness (QED) is 0.638. The number of carbonyl (C=O) groups excluding carboxylic acids is 1. The van der Waals surface area contributed by atoms with Crippen molar-refractivity contribution in [1.82, 2.24) is 0 Å². The third-order valence-electron chi connectivity index (χ3n) is 10.3. The normalized spacial score (nSPS) is 44.5. The maximum absolute atomic E-state index is 12.1. The molecule has 7 atom stereocenters. The predicted molar refractivity (Wildman–Crippen MR) is 123 cm³/mol. The Kier molecular flexibility index (Phi) is 4.78. The molecule has 4 fully saturated rings. The maximum Gasteiger partial charge on any atom is 0.494 e. The van der Waals surface area contributed by atoms with E-state index in [0.717, 1.165) is 49.1 Å². The number of rotatable bonds is 2. The number of carbonyl (C=O) groups is 1. The minimum atomic E-state index is -0.203. The van der Waals surface area contributed by atoms with Crippen molar-refractivity contribution in [2.45, 2.75) is 71.3 Å². The van der Waals surface area contributed by atoms with E-state index in [-0.39, 0.29) is 18.6 Å². The van der Waals surface area contributed by atoms with Crippen LogP contribution in [0.2, 0.25) is 0 Å². The molecule has 5 aliphatic rings. The van der Waals surface area contributed by atoms with E-state index in [1.807, 2.05) is 12.1 Å². The highest BCUT2D eigenvalue weighted by Crippen LogP contribution is 2.67. The summed E-state index contributed by atoms with van der Waals surface area (Å²) in [6.07, 6.45) is 11.7. The van der Waals surface area contributed by atoms with Gasteiger partial charge in [-0.1, -0.05) is 49.8 Å². The number of allylic oxidation sites excluding steroid dienone is 1. The Morgan fingerprint density at radius 1 is 0.935 bits per heavy atom. The summed E-state index contributed by atoms with van der Waals surface area (Å²) in [5.41, 5.74) is 3.24. The van der Waals surface area contributed by atoms with Crippen molar-refractivity contribution in [1.29, 1.82) is 0 Å². The van der Waals surface area contributed by atoms with Gasteiger partial charge in [0, 0.05) is 6.42 Å². The van der Waals surface area contributed by atoms with Gasteiger partial charge in [0.15, 0.2) is 5.78 Å². The molecule has 0 aromatic heterocycles. The van der Waals surface area contributed by atoms with Gasteiger partial charge < -0.3 is 9.31 Å². The molecule has 6 rings (SSSR count). The Morgan fingerprint density at radius 2 is 1.74 bits per heavy atom. The highest BCUT2D eigenvalue weighted by atomic mass is 16.6. The number of hydrogen-bond acceptors (Lipinski definition) is 3. The van der Waals surface area contributed by atoms with Crippen LogP contribution in [0.1, 0.15) is 65.2 Å². The van der Waals surface area contributed by atoms with Crippen LogP contribution in [0.4, 0.5) is 0 Å². The third kappa shape index (κ3) is 3.04. The molecule has 164 valence electrons. The molecule has 1 aliphatic heterocycles. The molecule has 0 unspecified atom stereocenters. The molecule has 3 nitrogen and oxygen atoms in total. The van der Waals surface area contributed by atoms with Gasteiger partial charge in [0.1, 0.15) is 0 Å². The van der Waals surface area contributed by atoms with Crippen molar-refractivity contribution in [2.75, 3.05) is 6.61 Å². The predicted octanol–water partition coefficient (Wildman–Crippen LogP) is 4.95. The molecule has 0 N–H and O–H groups in total. The first-order chi connectivity index (χ1) is 15.0. The van der Waals surface area contributed by atoms with Gasteiger partial charge in [0.2, 0.25) is 0 Å². The second-order valence-corrected chi connectivity index (χ2v) is 11.4. The fraction of sp³-hybridized carbons (Fsp3) is 0.667. The molecule has 0 amide bonds. The third-order valence-corrected chi connectivity index (χ3v) is 10.3. The summed E-state index contributed by atoms with van der Waals surface area (Å²) in [5, 5.41) is 0. The van der Waals surface area contributed by atoms with E-state index < -0.39 is 0 Å². The topological polar surface area (TPSA) is 35.5 Å². The summed E-state index contributed by atoms with van der Waals surface area (Å²) in [6, 6.07) is 10.4. The van der Waals surface area contributed by atoms with Crippen LogP contribution < -0.4 is 5.46 Å². The Morgan fingerprint density at radius 3 is 2.58 bits per heavy atom. The first kappa shape index (κ1) is 20.2. The molecule has 1 heterocycles. The largest absolute Gasteiger partial charge is 0.494 e. The van der Waals surface area contributed by atoms with Gasteiger partial charge in [-0.3, -0.25) is 4.79 Å². The molecule has 1 saturated heterocycles. The highest BCUT2D eigenvalue weighted by molar-refractivity contribution is 6.61. The summed E-state index contributed by atoms with van der Waals surface area (Å²) < 4.78 is 12.7. The van der Waals surface area contributed by atoms with E-state index in [2.05, 4.69) is 38.1 Å². The zero-order valence-corrected chi connectivity index (χ0v) is 19.0. The lowest BCUT2D eigenvalue weighted by atomic mass is 9.46. The number of fused-ring (bicyclic) bond motifs is 5. The second kappa shape index (κ2) is 7.32. The summed E-state index contributed by atoms with van der Waals surface area (Å²) in [6.45, 7) is 5.78. The Balaban J connectivity index is 1.22. The first-order valence-corrected chi connectivity index (χ1v) is 12.5. The minimum absolute atomic E-state index is 0.203. The second-order valence-electron chi connectivity index (χ2n) is 11.4. The standard InChI is InChI=1S/C27H35BO3/c1-26-14-12-20(29)16-18(26)8-9-21-22-10-11-24(27(22,2)15-13-23(21)26)25-17-30-28(31-25)19-6-4-3-5-7-19/h3-7,16,21-25H,8-15,17H2,1-2H3/t21-,22-,23-,24+,25-,26-,27-/m0/s1. The van der Waals surface area contributed by atoms with E-state index in [9.17, 15) is 4.79 Å². The van der Waals surface area contributed by atoms with Crippen LogP contribution >= 0.6 is 0 Å². The Hall–Kier alpha value is -1.39. The maximum atomic E-state index is 12.1. The van der Waals surface area contributed by atoms with Crippen LogP contribution in [0.15, 0.2) is 42.0 Å². The molecule has 31 heavy (non-hydrogen) atoms. The molecule has 1 aromatic rings. The highest BCUT2D eigenvalue weighted by Gasteiger charge is 2.60. The molecule has 4 heteroatoms. The van der Waals surface area contributed by atoms with Crippen LogP contribution in [-0.2, 0) is 14.1 Å². The van der Waals surface area contributed by atoms with Gasteiger partial charge in [-0.2, -0.15) is 0 Å². The fourth-order valence-corrected chi connectivity index (χ4v) is 8.63. The van der Waals surface area contributed by atoms with Crippen molar-refractivity contribution in [3.05, 3.63) is 42.0 Å². The summed E-state index contributed by atoms with van der Waals surface area (Å²) in [7, 11) is -0.203. The van der Waals surface area contributed by atoms with E-state index in [1.54, 1.807) is 0 Å². The van der Waals surface area contributed by atoms with Crippen molar-refractivity contribution in [3.63, 3.8) is 0 Å². The summed E-state index contributed by atoms with van der Waals surface area (Å²) in [5.74, 6) is 3.33. The van der Waals surface area contributed by atoms with Crippen LogP contribution in [0.3, 0.4) is 0 Å². The fourth-order valence-electron chi connectivity index (χ4n) is 8.63. The van der Waals surface area contributed by atoms with Gasteiger partial charge >= 0.3 is 7.12 Å². The van der Waals surface area contributed by atoms with Crippen LogP contribution in [-0.4, -0.2) is 25.6 Å². The van der Waals surface area contributed by atoms with Crippen molar-refractivity contribution < 1.29 is 14.1 Å². The first-order valence-electron chi connectivity index (χ1n) is 12.5. The van der Waals surface area contributed by atoms with Gasteiger partial charge in [0.05, 0.1) is 12.7 Å². The van der Waals surface area contributed by atoms with Gasteiger partial charge in [-0.15, -0.1) is 0 Å². The average molecular weight is 418 g/mol. The lowest BCUT2D eigenvalue weighted by Crippen LogP contribution is -2.51. The van der Waals surface area contributed by atoms with Gasteiger partial charge in [-0.25, -0.2) is 0 Å². The molecule has 4 aliphatic carbocycles. The Bertz CT molecular complexity index is 897. The average Bonchev–Trinajstić information content (AvgIpc) is 3.39. The molecular weight excluding hydrogens is 383 g/mol. The van der Waals surface area contributed by atoms with E-state index in [0.29, 0.717) is 17.1 Å². The van der Waals surface area contributed by atoms with Crippen LogP contribution in [0, 0.1) is 34.5 Å². The monoisotopic (exact) mass is 418 g/mol. The van der Waals surface area contributed by atoms with E-state index in [4.69, 9.17) is 9.31 Å². The van der Waals surface area contributed by atoms with Gasteiger partial charge in [0.25, 0.3) is 0 Å². The number of benzene rings is 1.